The molecule has 0 saturated heterocycles. The van der Waals surface area contributed by atoms with Crippen LogP contribution < -0.4 is 0 Å². The molecule has 0 aliphatic carbocycles. The molecule has 0 amide bonds. The van der Waals surface area contributed by atoms with Crippen LogP contribution in [-0.2, 0) is 4.79 Å². The number of carboxylic acids is 1. The zero-order valence-electron chi connectivity index (χ0n) is 10.2. The summed E-state index contributed by atoms with van der Waals surface area (Å²) in [5, 5.41) is 11.0. The number of rotatable bonds is 5. The third-order valence-electron chi connectivity index (χ3n) is 2.83. The molecule has 1 rings (SSSR count). The molecule has 0 saturated carbocycles. The van der Waals surface area contributed by atoms with E-state index in [0.717, 1.165) is 0 Å². The molecule has 90 valence electrons. The average molecular weight is 241 g/mol. The van der Waals surface area contributed by atoms with Crippen LogP contribution in [0.3, 0.4) is 0 Å². The lowest BCUT2D eigenvalue weighted by atomic mass is 9.98. The van der Waals surface area contributed by atoms with Crippen LogP contribution in [-0.4, -0.2) is 30.1 Å². The van der Waals surface area contributed by atoms with Crippen molar-refractivity contribution < 1.29 is 9.90 Å². The fraction of sp³-hybridized carbons (Fsp3) is 0.583. The quantitative estimate of drug-likeness (QED) is 0.861. The number of carbonyl (C=O) groups is 1. The van der Waals surface area contributed by atoms with E-state index in [1.165, 1.54) is 10.4 Å². The van der Waals surface area contributed by atoms with E-state index in [-0.39, 0.29) is 12.0 Å². The van der Waals surface area contributed by atoms with Gasteiger partial charge in [-0.15, -0.1) is 11.3 Å². The zero-order chi connectivity index (χ0) is 12.3. The van der Waals surface area contributed by atoms with E-state index < -0.39 is 5.97 Å². The Kier molecular flexibility index (Phi) is 4.50. The maximum Gasteiger partial charge on any atom is 0.306 e. The normalized spacial score (nSPS) is 15.1. The fourth-order valence-corrected chi connectivity index (χ4v) is 2.85. The van der Waals surface area contributed by atoms with E-state index in [9.17, 15) is 4.79 Å². The van der Waals surface area contributed by atoms with Crippen molar-refractivity contribution in [2.24, 2.45) is 5.92 Å². The van der Waals surface area contributed by atoms with Crippen LogP contribution in [0.1, 0.15) is 29.8 Å². The van der Waals surface area contributed by atoms with Crippen molar-refractivity contribution in [2.75, 3.05) is 14.1 Å². The highest BCUT2D eigenvalue weighted by Gasteiger charge is 2.23. The second-order valence-electron chi connectivity index (χ2n) is 4.42. The predicted octanol–water partition coefficient (Wildman–Crippen LogP) is 2.77. The first-order valence-electron chi connectivity index (χ1n) is 5.36. The van der Waals surface area contributed by atoms with E-state index in [1.807, 2.05) is 14.1 Å². The molecule has 0 aliphatic rings. The molecule has 4 heteroatoms. The predicted molar refractivity (Wildman–Crippen MR) is 66.9 cm³/mol. The fourth-order valence-electron chi connectivity index (χ4n) is 1.71. The number of nitrogens with zero attached hydrogens (tertiary/aromatic N) is 1. The Morgan fingerprint density at radius 3 is 2.56 bits per heavy atom. The zero-order valence-corrected chi connectivity index (χ0v) is 11.0. The summed E-state index contributed by atoms with van der Waals surface area (Å²) in [7, 11) is 4.00. The van der Waals surface area contributed by atoms with Crippen molar-refractivity contribution in [2.45, 2.75) is 26.3 Å². The van der Waals surface area contributed by atoms with E-state index in [2.05, 4.69) is 23.3 Å². The Hall–Kier alpha value is -0.870. The van der Waals surface area contributed by atoms with E-state index in [1.54, 1.807) is 18.3 Å². The van der Waals surface area contributed by atoms with Gasteiger partial charge in [-0.25, -0.2) is 0 Å². The number of thiophene rings is 1. The molecule has 0 aliphatic heterocycles. The van der Waals surface area contributed by atoms with Crippen LogP contribution in [0.2, 0.25) is 0 Å². The van der Waals surface area contributed by atoms with Crippen molar-refractivity contribution in [3.63, 3.8) is 0 Å². The third-order valence-corrected chi connectivity index (χ3v) is 3.95. The summed E-state index contributed by atoms with van der Waals surface area (Å²) in [5.41, 5.74) is 1.25. The van der Waals surface area contributed by atoms with Gasteiger partial charge in [-0.3, -0.25) is 4.79 Å². The first-order chi connectivity index (χ1) is 7.43. The molecule has 0 spiro atoms. The highest BCUT2D eigenvalue weighted by Crippen LogP contribution is 2.32. The summed E-state index contributed by atoms with van der Waals surface area (Å²) >= 11 is 1.71. The van der Waals surface area contributed by atoms with Crippen LogP contribution in [0.4, 0.5) is 0 Å². The molecule has 3 nitrogen and oxygen atoms in total. The van der Waals surface area contributed by atoms with Crippen molar-refractivity contribution in [1.29, 1.82) is 0 Å². The first-order valence-corrected chi connectivity index (χ1v) is 6.24. The van der Waals surface area contributed by atoms with Gasteiger partial charge in [-0.2, -0.15) is 0 Å². The van der Waals surface area contributed by atoms with E-state index >= 15 is 0 Å². The molecular formula is C12H19NO2S. The smallest absolute Gasteiger partial charge is 0.306 e. The summed E-state index contributed by atoms with van der Waals surface area (Å²) in [6.07, 6.45) is 0.656. The van der Waals surface area contributed by atoms with Crippen LogP contribution >= 0.6 is 11.3 Å². The second kappa shape index (κ2) is 5.46. The lowest BCUT2D eigenvalue weighted by Crippen LogP contribution is -2.24. The molecule has 0 bridgehead atoms. The molecule has 0 fully saturated rings. The number of hydrogen-bond donors (Lipinski definition) is 1. The molecule has 1 aromatic heterocycles. The topological polar surface area (TPSA) is 40.5 Å². The minimum absolute atomic E-state index is 0.200. The monoisotopic (exact) mass is 241 g/mol. The minimum Gasteiger partial charge on any atom is -0.481 e. The molecule has 1 N–H and O–H groups in total. The van der Waals surface area contributed by atoms with Crippen molar-refractivity contribution in [3.05, 3.63) is 21.9 Å². The molecule has 1 aromatic rings. The van der Waals surface area contributed by atoms with Gasteiger partial charge in [0.05, 0.1) is 5.92 Å². The van der Waals surface area contributed by atoms with Gasteiger partial charge in [0.1, 0.15) is 0 Å². The summed E-state index contributed by atoms with van der Waals surface area (Å²) in [6.45, 7) is 3.84. The Morgan fingerprint density at radius 1 is 1.56 bits per heavy atom. The van der Waals surface area contributed by atoms with E-state index in [0.29, 0.717) is 6.42 Å². The highest BCUT2D eigenvalue weighted by molar-refractivity contribution is 7.10. The van der Waals surface area contributed by atoms with Crippen molar-refractivity contribution in [3.8, 4) is 0 Å². The number of hydrogen-bond acceptors (Lipinski definition) is 3. The van der Waals surface area contributed by atoms with Crippen LogP contribution in [0.5, 0.6) is 0 Å². The molecule has 0 radical (unpaired) electrons. The van der Waals surface area contributed by atoms with Crippen LogP contribution in [0, 0.1) is 12.8 Å². The maximum absolute atomic E-state index is 10.9. The summed E-state index contributed by atoms with van der Waals surface area (Å²) in [6, 6.07) is 2.29. The van der Waals surface area contributed by atoms with Gasteiger partial charge in [0.25, 0.3) is 0 Å². The molecule has 2 unspecified atom stereocenters. The van der Waals surface area contributed by atoms with Crippen molar-refractivity contribution in [1.82, 2.24) is 4.90 Å². The molecule has 16 heavy (non-hydrogen) atoms. The van der Waals surface area contributed by atoms with Gasteiger partial charge >= 0.3 is 5.97 Å². The molecule has 0 aromatic carbocycles. The Morgan fingerprint density at radius 2 is 2.19 bits per heavy atom. The average Bonchev–Trinajstić information content (AvgIpc) is 2.59. The second-order valence-corrected chi connectivity index (χ2v) is 5.37. The summed E-state index contributed by atoms with van der Waals surface area (Å²) in [5.74, 6) is -1.03. The molecule has 1 heterocycles. The Bertz CT molecular complexity index is 360. The van der Waals surface area contributed by atoms with Gasteiger partial charge in [0.2, 0.25) is 0 Å². The Balaban J connectivity index is 2.85. The first kappa shape index (κ1) is 13.2. The number of aliphatic carboxylic acids is 1. The van der Waals surface area contributed by atoms with Gasteiger partial charge < -0.3 is 10.0 Å². The SMILES string of the molecule is Cc1ccsc1C(CC(C)C(=O)O)N(C)C. The van der Waals surface area contributed by atoms with Gasteiger partial charge in [-0.05, 0) is 44.4 Å². The molecule has 2 atom stereocenters. The highest BCUT2D eigenvalue weighted by atomic mass is 32.1. The summed E-state index contributed by atoms with van der Waals surface area (Å²) < 4.78 is 0. The minimum atomic E-state index is -0.721. The number of carboxylic acid groups (broad SMARTS) is 1. The van der Waals surface area contributed by atoms with E-state index in [4.69, 9.17) is 5.11 Å². The standard InChI is InChI=1S/C12H19NO2S/c1-8-5-6-16-11(8)10(13(3)4)7-9(2)12(14)15/h5-6,9-10H,7H2,1-4H3,(H,14,15). The van der Waals surface area contributed by atoms with Gasteiger partial charge in [-0.1, -0.05) is 6.92 Å². The van der Waals surface area contributed by atoms with Crippen LogP contribution in [0.25, 0.3) is 0 Å². The van der Waals surface area contributed by atoms with Gasteiger partial charge in [0, 0.05) is 10.9 Å². The van der Waals surface area contributed by atoms with Crippen molar-refractivity contribution >= 4 is 17.3 Å². The molecular weight excluding hydrogens is 222 g/mol. The largest absolute Gasteiger partial charge is 0.481 e. The maximum atomic E-state index is 10.9. The van der Waals surface area contributed by atoms with Crippen LogP contribution in [0.15, 0.2) is 11.4 Å². The lowest BCUT2D eigenvalue weighted by Gasteiger charge is -2.25. The third kappa shape index (κ3) is 3.06. The van der Waals surface area contributed by atoms with Gasteiger partial charge in [0.15, 0.2) is 0 Å². The summed E-state index contributed by atoms with van der Waals surface area (Å²) in [4.78, 5) is 14.3. The lowest BCUT2D eigenvalue weighted by molar-refractivity contribution is -0.141. The number of aryl methyl sites for hydroxylation is 1. The Labute approximate surface area is 101 Å².